The molecule has 0 fully saturated rings. The summed E-state index contributed by atoms with van der Waals surface area (Å²) in [5.74, 6) is 0.939. The first-order chi connectivity index (χ1) is 7.25. The van der Waals surface area contributed by atoms with Gasteiger partial charge in [-0.05, 0) is 24.6 Å². The fraction of sp³-hybridized carbons (Fsp3) is 0.182. The Bertz CT molecular complexity index is 437. The van der Waals surface area contributed by atoms with Crippen molar-refractivity contribution < 1.29 is 0 Å². The molecule has 0 saturated carbocycles. The fourth-order valence-corrected chi connectivity index (χ4v) is 1.72. The van der Waals surface area contributed by atoms with Crippen LogP contribution in [0.3, 0.4) is 0 Å². The van der Waals surface area contributed by atoms with Crippen LogP contribution in [0.2, 0.25) is 0 Å². The number of hydrogen-bond donors (Lipinski definition) is 2. The van der Waals surface area contributed by atoms with Crippen LogP contribution in [0.15, 0.2) is 35.1 Å². The van der Waals surface area contributed by atoms with E-state index in [1.165, 1.54) is 5.56 Å². The molecule has 0 aliphatic carbocycles. The predicted molar refractivity (Wildman–Crippen MR) is 64.8 cm³/mol. The van der Waals surface area contributed by atoms with Crippen LogP contribution in [-0.4, -0.2) is 9.97 Å². The van der Waals surface area contributed by atoms with Crippen LogP contribution in [0.1, 0.15) is 11.4 Å². The molecular formula is C11H12BrN3. The number of nitrogens with zero attached hydrogens (tertiary/aromatic N) is 1. The zero-order chi connectivity index (χ0) is 10.7. The maximum absolute atomic E-state index is 4.15. The average molecular weight is 266 g/mol. The maximum atomic E-state index is 4.15. The number of imidazole rings is 1. The normalized spacial score (nSPS) is 10.3. The minimum Gasteiger partial charge on any atom is -0.378 e. The lowest BCUT2D eigenvalue weighted by Gasteiger charge is -2.08. The van der Waals surface area contributed by atoms with Gasteiger partial charge in [-0.2, -0.15) is 0 Å². The molecule has 2 N–H and O–H groups in total. The summed E-state index contributed by atoms with van der Waals surface area (Å²) in [5.41, 5.74) is 2.35. The highest BCUT2D eigenvalue weighted by atomic mass is 79.9. The van der Waals surface area contributed by atoms with Crippen LogP contribution >= 0.6 is 15.9 Å². The van der Waals surface area contributed by atoms with Gasteiger partial charge in [0, 0.05) is 22.6 Å². The smallest absolute Gasteiger partial charge is 0.125 e. The van der Waals surface area contributed by atoms with Crippen molar-refractivity contribution in [1.82, 2.24) is 9.97 Å². The van der Waals surface area contributed by atoms with Crippen LogP contribution in [0.4, 0.5) is 5.69 Å². The van der Waals surface area contributed by atoms with Gasteiger partial charge in [-0.15, -0.1) is 0 Å². The number of aromatic nitrogens is 2. The third-order valence-corrected chi connectivity index (χ3v) is 2.69. The number of H-pyrrole nitrogens is 1. The molecule has 0 unspecified atom stereocenters. The Kier molecular flexibility index (Phi) is 3.06. The summed E-state index contributed by atoms with van der Waals surface area (Å²) in [7, 11) is 0. The maximum Gasteiger partial charge on any atom is 0.125 e. The first kappa shape index (κ1) is 10.2. The molecular weight excluding hydrogens is 254 g/mol. The number of nitrogens with one attached hydrogen (secondary N) is 2. The van der Waals surface area contributed by atoms with Gasteiger partial charge < -0.3 is 10.3 Å². The number of anilines is 1. The van der Waals surface area contributed by atoms with E-state index in [2.05, 4.69) is 50.3 Å². The molecule has 0 atom stereocenters. The van der Waals surface area contributed by atoms with Crippen molar-refractivity contribution in [2.45, 2.75) is 13.5 Å². The molecule has 0 aliphatic rings. The number of aryl methyl sites for hydroxylation is 1. The molecule has 0 aliphatic heterocycles. The summed E-state index contributed by atoms with van der Waals surface area (Å²) in [6, 6.07) is 6.18. The summed E-state index contributed by atoms with van der Waals surface area (Å²) in [4.78, 5) is 7.21. The van der Waals surface area contributed by atoms with Gasteiger partial charge in [0.1, 0.15) is 5.82 Å². The Balaban J connectivity index is 2.07. The topological polar surface area (TPSA) is 40.7 Å². The lowest BCUT2D eigenvalue weighted by Crippen LogP contribution is -2.02. The monoisotopic (exact) mass is 265 g/mol. The molecule has 2 aromatic rings. The van der Waals surface area contributed by atoms with E-state index in [-0.39, 0.29) is 0 Å². The predicted octanol–water partition coefficient (Wildman–Crippen LogP) is 3.09. The summed E-state index contributed by atoms with van der Waals surface area (Å²) in [6.07, 6.45) is 3.58. The zero-order valence-corrected chi connectivity index (χ0v) is 10.0. The molecule has 1 heterocycles. The van der Waals surface area contributed by atoms with Gasteiger partial charge in [-0.3, -0.25) is 0 Å². The van der Waals surface area contributed by atoms with E-state index in [1.807, 2.05) is 12.3 Å². The standard InChI is InChI=1S/C11H12BrN3/c1-8-2-3-9(12)6-10(8)15-7-11-13-4-5-14-11/h2-6,15H,7H2,1H3,(H,13,14). The molecule has 0 saturated heterocycles. The van der Waals surface area contributed by atoms with Crippen molar-refractivity contribution in [1.29, 1.82) is 0 Å². The van der Waals surface area contributed by atoms with Crippen LogP contribution < -0.4 is 5.32 Å². The molecule has 4 heteroatoms. The zero-order valence-electron chi connectivity index (χ0n) is 8.42. The van der Waals surface area contributed by atoms with Crippen molar-refractivity contribution in [2.24, 2.45) is 0 Å². The molecule has 3 nitrogen and oxygen atoms in total. The van der Waals surface area contributed by atoms with Crippen molar-refractivity contribution in [3.8, 4) is 0 Å². The van der Waals surface area contributed by atoms with Gasteiger partial charge in [0.2, 0.25) is 0 Å². The number of aromatic amines is 1. The van der Waals surface area contributed by atoms with Crippen LogP contribution in [0.5, 0.6) is 0 Å². The van der Waals surface area contributed by atoms with Crippen molar-refractivity contribution >= 4 is 21.6 Å². The first-order valence-corrected chi connectivity index (χ1v) is 5.53. The summed E-state index contributed by atoms with van der Waals surface area (Å²) in [5, 5.41) is 3.33. The van der Waals surface area contributed by atoms with Gasteiger partial charge in [0.15, 0.2) is 0 Å². The Labute approximate surface area is 97.1 Å². The van der Waals surface area contributed by atoms with E-state index in [0.29, 0.717) is 6.54 Å². The lowest BCUT2D eigenvalue weighted by atomic mass is 10.2. The minimum absolute atomic E-state index is 0.713. The van der Waals surface area contributed by atoms with Crippen LogP contribution in [0.25, 0.3) is 0 Å². The van der Waals surface area contributed by atoms with Crippen molar-refractivity contribution in [3.63, 3.8) is 0 Å². The highest BCUT2D eigenvalue weighted by Gasteiger charge is 1.99. The second kappa shape index (κ2) is 4.49. The Hall–Kier alpha value is -1.29. The van der Waals surface area contributed by atoms with E-state index >= 15 is 0 Å². The van der Waals surface area contributed by atoms with Gasteiger partial charge in [0.25, 0.3) is 0 Å². The number of benzene rings is 1. The Morgan fingerprint density at radius 1 is 1.47 bits per heavy atom. The Morgan fingerprint density at radius 3 is 3.07 bits per heavy atom. The van der Waals surface area contributed by atoms with Crippen LogP contribution in [0, 0.1) is 6.92 Å². The van der Waals surface area contributed by atoms with E-state index in [1.54, 1.807) is 6.20 Å². The van der Waals surface area contributed by atoms with Crippen LogP contribution in [-0.2, 0) is 6.54 Å². The number of rotatable bonds is 3. The largest absolute Gasteiger partial charge is 0.378 e. The summed E-state index contributed by atoms with van der Waals surface area (Å²) >= 11 is 3.45. The lowest BCUT2D eigenvalue weighted by molar-refractivity contribution is 0.997. The molecule has 15 heavy (non-hydrogen) atoms. The van der Waals surface area contributed by atoms with E-state index in [9.17, 15) is 0 Å². The average Bonchev–Trinajstić information content (AvgIpc) is 2.72. The highest BCUT2D eigenvalue weighted by Crippen LogP contribution is 2.20. The second-order valence-electron chi connectivity index (χ2n) is 3.35. The van der Waals surface area contributed by atoms with E-state index in [0.717, 1.165) is 16.0 Å². The summed E-state index contributed by atoms with van der Waals surface area (Å²) < 4.78 is 1.08. The first-order valence-electron chi connectivity index (χ1n) is 4.74. The van der Waals surface area contributed by atoms with E-state index < -0.39 is 0 Å². The van der Waals surface area contributed by atoms with Crippen molar-refractivity contribution in [2.75, 3.05) is 5.32 Å². The second-order valence-corrected chi connectivity index (χ2v) is 4.26. The number of hydrogen-bond acceptors (Lipinski definition) is 2. The molecule has 0 radical (unpaired) electrons. The molecule has 1 aromatic carbocycles. The Morgan fingerprint density at radius 2 is 2.33 bits per heavy atom. The highest BCUT2D eigenvalue weighted by molar-refractivity contribution is 9.10. The van der Waals surface area contributed by atoms with E-state index in [4.69, 9.17) is 0 Å². The SMILES string of the molecule is Cc1ccc(Br)cc1NCc1ncc[nH]1. The molecule has 0 amide bonds. The van der Waals surface area contributed by atoms with Gasteiger partial charge in [-0.25, -0.2) is 4.98 Å². The van der Waals surface area contributed by atoms with Gasteiger partial charge >= 0.3 is 0 Å². The molecule has 0 spiro atoms. The van der Waals surface area contributed by atoms with Gasteiger partial charge in [0.05, 0.1) is 6.54 Å². The molecule has 0 bridgehead atoms. The molecule has 2 rings (SSSR count). The fourth-order valence-electron chi connectivity index (χ4n) is 1.36. The molecule has 1 aromatic heterocycles. The summed E-state index contributed by atoms with van der Waals surface area (Å²) in [6.45, 7) is 2.79. The quantitative estimate of drug-likeness (QED) is 0.896. The van der Waals surface area contributed by atoms with Crippen molar-refractivity contribution in [3.05, 3.63) is 46.5 Å². The number of halogens is 1. The van der Waals surface area contributed by atoms with Gasteiger partial charge in [-0.1, -0.05) is 22.0 Å². The third-order valence-electron chi connectivity index (χ3n) is 2.20. The molecule has 78 valence electrons. The third kappa shape index (κ3) is 2.59. The minimum atomic E-state index is 0.713.